The molecule has 0 unspecified atom stereocenters. The maximum Gasteiger partial charge on any atom is 0.250 e. The van der Waals surface area contributed by atoms with Crippen LogP contribution in [0.5, 0.6) is 0 Å². The molecule has 2 aromatic heterocycles. The minimum Gasteiger partial charge on any atom is -0.472 e. The predicted molar refractivity (Wildman–Crippen MR) is 120 cm³/mol. The average Bonchev–Trinajstić information content (AvgIpc) is 3.56. The van der Waals surface area contributed by atoms with E-state index in [1.807, 2.05) is 41.3 Å². The molecule has 1 aliphatic rings. The molecule has 1 amide bonds. The molecule has 0 atom stereocenters. The Morgan fingerprint density at radius 2 is 1.59 bits per heavy atom. The molecular weight excluding hydrogens is 402 g/mol. The van der Waals surface area contributed by atoms with Crippen molar-refractivity contribution >= 4 is 5.91 Å². The fraction of sp³-hybridized carbons (Fsp3) is 0.269. The summed E-state index contributed by atoms with van der Waals surface area (Å²) in [6.45, 7) is 1.40. The summed E-state index contributed by atoms with van der Waals surface area (Å²) in [6, 6.07) is 22.3. The van der Waals surface area contributed by atoms with E-state index < -0.39 is 0 Å². The van der Waals surface area contributed by atoms with E-state index in [2.05, 4.69) is 34.5 Å². The van der Waals surface area contributed by atoms with Crippen LogP contribution in [0.3, 0.4) is 0 Å². The van der Waals surface area contributed by atoms with Crippen molar-refractivity contribution in [1.29, 1.82) is 0 Å². The fourth-order valence-corrected chi connectivity index (χ4v) is 4.38. The van der Waals surface area contributed by atoms with Crippen molar-refractivity contribution in [2.75, 3.05) is 13.1 Å². The molecule has 1 aliphatic heterocycles. The molecule has 6 heteroatoms. The predicted octanol–water partition coefficient (Wildman–Crippen LogP) is 5.26. The van der Waals surface area contributed by atoms with Gasteiger partial charge in [-0.15, -0.1) is 10.2 Å². The normalized spacial score (nSPS) is 14.7. The summed E-state index contributed by atoms with van der Waals surface area (Å²) in [7, 11) is 0. The summed E-state index contributed by atoms with van der Waals surface area (Å²) in [5.41, 5.74) is 3.11. The number of furan rings is 1. The van der Waals surface area contributed by atoms with Gasteiger partial charge in [-0.2, -0.15) is 0 Å². The second kappa shape index (κ2) is 9.22. The van der Waals surface area contributed by atoms with Crippen LogP contribution in [0.4, 0.5) is 0 Å². The van der Waals surface area contributed by atoms with Gasteiger partial charge in [-0.3, -0.25) is 4.79 Å². The van der Waals surface area contributed by atoms with E-state index in [1.54, 1.807) is 18.6 Å². The highest BCUT2D eigenvalue weighted by Crippen LogP contribution is 2.32. The Hall–Kier alpha value is -3.67. The van der Waals surface area contributed by atoms with Crippen LogP contribution in [0.2, 0.25) is 0 Å². The van der Waals surface area contributed by atoms with Crippen LogP contribution >= 0.6 is 0 Å². The Morgan fingerprint density at radius 1 is 0.938 bits per heavy atom. The first-order valence-electron chi connectivity index (χ1n) is 11.0. The third-order valence-electron chi connectivity index (χ3n) is 6.19. The first kappa shape index (κ1) is 20.2. The lowest BCUT2D eigenvalue weighted by atomic mass is 9.87. The van der Waals surface area contributed by atoms with Gasteiger partial charge >= 0.3 is 0 Å². The van der Waals surface area contributed by atoms with Crippen LogP contribution in [-0.4, -0.2) is 34.1 Å². The molecule has 1 fully saturated rings. The molecule has 4 aromatic rings. The van der Waals surface area contributed by atoms with Gasteiger partial charge in [0.25, 0.3) is 5.89 Å². The van der Waals surface area contributed by atoms with Crippen molar-refractivity contribution in [2.24, 2.45) is 0 Å². The molecule has 1 saturated heterocycles. The number of carbonyl (C=O) groups is 1. The van der Waals surface area contributed by atoms with Gasteiger partial charge in [0, 0.05) is 31.3 Å². The Labute approximate surface area is 186 Å². The zero-order valence-electron chi connectivity index (χ0n) is 17.8. The number of amides is 1. The number of carbonyl (C=O) groups excluding carboxylic acids is 1. The van der Waals surface area contributed by atoms with Crippen LogP contribution in [0, 0.1) is 0 Å². The zero-order valence-corrected chi connectivity index (χ0v) is 17.8. The lowest BCUT2D eigenvalue weighted by Crippen LogP contribution is -2.38. The van der Waals surface area contributed by atoms with E-state index in [0.29, 0.717) is 31.3 Å². The van der Waals surface area contributed by atoms with E-state index >= 15 is 0 Å². The highest BCUT2D eigenvalue weighted by Gasteiger charge is 2.29. The third-order valence-corrected chi connectivity index (χ3v) is 6.19. The monoisotopic (exact) mass is 427 g/mol. The van der Waals surface area contributed by atoms with E-state index in [-0.39, 0.29) is 17.7 Å². The van der Waals surface area contributed by atoms with Crippen molar-refractivity contribution in [1.82, 2.24) is 15.1 Å². The van der Waals surface area contributed by atoms with E-state index in [0.717, 1.165) is 18.4 Å². The Morgan fingerprint density at radius 3 is 2.19 bits per heavy atom. The number of nitrogens with zero attached hydrogens (tertiary/aromatic N) is 3. The van der Waals surface area contributed by atoms with Crippen molar-refractivity contribution in [3.8, 4) is 11.5 Å². The minimum atomic E-state index is 0.0519. The largest absolute Gasteiger partial charge is 0.472 e. The fourth-order valence-electron chi connectivity index (χ4n) is 4.38. The molecular formula is C26H25N3O3. The Kier molecular flexibility index (Phi) is 5.83. The van der Waals surface area contributed by atoms with Crippen LogP contribution in [0.1, 0.15) is 48.1 Å². The maximum atomic E-state index is 13.2. The molecule has 2 aromatic carbocycles. The first-order chi connectivity index (χ1) is 15.8. The smallest absolute Gasteiger partial charge is 0.250 e. The number of benzene rings is 2. The summed E-state index contributed by atoms with van der Waals surface area (Å²) < 4.78 is 10.9. The standard InChI is InChI=1S/C26H25N3O3/c30-24(17-23(19-7-3-1-4-8-19)20-9-5-2-6-10-20)29-14-11-21(12-15-29)25-27-28-26(32-25)22-13-16-31-18-22/h1-10,13,16,18,21,23H,11-12,14-15,17H2. The number of rotatable bonds is 6. The summed E-state index contributed by atoms with van der Waals surface area (Å²) in [5, 5.41) is 8.37. The highest BCUT2D eigenvalue weighted by molar-refractivity contribution is 5.78. The summed E-state index contributed by atoms with van der Waals surface area (Å²) >= 11 is 0. The molecule has 0 aliphatic carbocycles. The number of likely N-dealkylation sites (tertiary alicyclic amines) is 1. The quantitative estimate of drug-likeness (QED) is 0.420. The second-order valence-electron chi connectivity index (χ2n) is 8.19. The van der Waals surface area contributed by atoms with E-state index in [1.165, 1.54) is 11.1 Å². The molecule has 0 N–H and O–H groups in total. The lowest BCUT2D eigenvalue weighted by molar-refractivity contribution is -0.132. The van der Waals surface area contributed by atoms with Crippen LogP contribution in [0.15, 0.2) is 88.1 Å². The average molecular weight is 428 g/mol. The van der Waals surface area contributed by atoms with Crippen LogP contribution < -0.4 is 0 Å². The van der Waals surface area contributed by atoms with Gasteiger partial charge in [0.15, 0.2) is 0 Å². The van der Waals surface area contributed by atoms with Crippen LogP contribution in [0.25, 0.3) is 11.5 Å². The van der Waals surface area contributed by atoms with Gasteiger partial charge in [0.1, 0.15) is 6.26 Å². The number of aromatic nitrogens is 2. The van der Waals surface area contributed by atoms with Crippen molar-refractivity contribution in [2.45, 2.75) is 31.1 Å². The van der Waals surface area contributed by atoms with Crippen molar-refractivity contribution in [3.05, 3.63) is 96.3 Å². The first-order valence-corrected chi connectivity index (χ1v) is 11.0. The molecule has 3 heterocycles. The zero-order chi connectivity index (χ0) is 21.8. The Bertz CT molecular complexity index is 1090. The number of hydrogen-bond donors (Lipinski definition) is 0. The van der Waals surface area contributed by atoms with E-state index in [4.69, 9.17) is 8.83 Å². The minimum absolute atomic E-state index is 0.0519. The van der Waals surface area contributed by atoms with Gasteiger partial charge < -0.3 is 13.7 Å². The molecule has 0 bridgehead atoms. The van der Waals surface area contributed by atoms with Crippen molar-refractivity contribution in [3.63, 3.8) is 0 Å². The molecule has 0 saturated carbocycles. The van der Waals surface area contributed by atoms with Gasteiger partial charge in [-0.1, -0.05) is 60.7 Å². The Balaban J connectivity index is 1.24. The second-order valence-corrected chi connectivity index (χ2v) is 8.19. The summed E-state index contributed by atoms with van der Waals surface area (Å²) in [5.74, 6) is 1.52. The molecule has 0 radical (unpaired) electrons. The number of piperidine rings is 1. The van der Waals surface area contributed by atoms with Gasteiger partial charge in [0.2, 0.25) is 11.8 Å². The van der Waals surface area contributed by atoms with Gasteiger partial charge in [0.05, 0.1) is 11.8 Å². The lowest BCUT2D eigenvalue weighted by Gasteiger charge is -2.31. The molecule has 5 rings (SSSR count). The summed E-state index contributed by atoms with van der Waals surface area (Å²) in [4.78, 5) is 15.2. The SMILES string of the molecule is O=C(CC(c1ccccc1)c1ccccc1)N1CCC(c2nnc(-c3ccoc3)o2)CC1. The topological polar surface area (TPSA) is 72.4 Å². The van der Waals surface area contributed by atoms with Gasteiger partial charge in [-0.25, -0.2) is 0 Å². The molecule has 162 valence electrons. The molecule has 32 heavy (non-hydrogen) atoms. The molecule has 6 nitrogen and oxygen atoms in total. The van der Waals surface area contributed by atoms with Gasteiger partial charge in [-0.05, 0) is 30.0 Å². The highest BCUT2D eigenvalue weighted by atomic mass is 16.4. The summed E-state index contributed by atoms with van der Waals surface area (Å²) in [6.07, 6.45) is 5.28. The van der Waals surface area contributed by atoms with E-state index in [9.17, 15) is 4.79 Å². The maximum absolute atomic E-state index is 13.2. The number of hydrogen-bond acceptors (Lipinski definition) is 5. The third kappa shape index (κ3) is 4.35. The van der Waals surface area contributed by atoms with Crippen molar-refractivity contribution < 1.29 is 13.6 Å². The molecule has 0 spiro atoms. The van der Waals surface area contributed by atoms with Crippen LogP contribution in [-0.2, 0) is 4.79 Å².